The Morgan fingerprint density at radius 3 is 1.19 bits per heavy atom. The average Bonchev–Trinajstić information content (AvgIpc) is 2.56. The first-order valence-electron chi connectivity index (χ1n) is 11.4. The van der Waals surface area contributed by atoms with E-state index in [1.165, 1.54) is 103 Å². The third-order valence-corrected chi connectivity index (χ3v) is 5.45. The summed E-state index contributed by atoms with van der Waals surface area (Å²) in [4.78, 5) is 0. The molecule has 0 heterocycles. The van der Waals surface area contributed by atoms with E-state index in [4.69, 9.17) is 4.74 Å². The summed E-state index contributed by atoms with van der Waals surface area (Å²) < 4.78 is 6.79. The number of nitrogens with zero attached hydrogens (tertiary/aromatic N) is 1. The van der Waals surface area contributed by atoms with Crippen LogP contribution < -0.4 is 12.4 Å². The maximum Gasteiger partial charge on any atom is 0.189 e. The summed E-state index contributed by atoms with van der Waals surface area (Å²) in [6.07, 6.45) is 23.1. The second kappa shape index (κ2) is 20.0. The summed E-state index contributed by atoms with van der Waals surface area (Å²) in [5, 5.41) is 0. The van der Waals surface area contributed by atoms with E-state index in [1.807, 2.05) is 0 Å². The maximum absolute atomic E-state index is 5.90. The fraction of sp³-hybridized carbons (Fsp3) is 1.00. The maximum atomic E-state index is 5.90. The van der Waals surface area contributed by atoms with Gasteiger partial charge in [0.1, 0.15) is 0 Å². The number of unbranched alkanes of at least 4 members (excludes halogenated alkanes) is 15. The van der Waals surface area contributed by atoms with Crippen LogP contribution in [0.3, 0.4) is 0 Å². The summed E-state index contributed by atoms with van der Waals surface area (Å²) in [5.41, 5.74) is 0. The lowest BCUT2D eigenvalue weighted by Gasteiger charge is -2.31. The molecule has 0 N–H and O–H groups in total. The third kappa shape index (κ3) is 20.5. The number of halogens is 1. The second-order valence-electron chi connectivity index (χ2n) is 8.89. The Balaban J connectivity index is 0. The SMILES string of the molecule is CCCCCCCCCCCCCCCCCCOC(C)[N+](C)(C)C.[Cl-]. The van der Waals surface area contributed by atoms with Gasteiger partial charge in [-0.2, -0.15) is 0 Å². The fourth-order valence-corrected chi connectivity index (χ4v) is 3.13. The minimum Gasteiger partial charge on any atom is -1.00 e. The van der Waals surface area contributed by atoms with Crippen LogP contribution in [0.4, 0.5) is 0 Å². The van der Waals surface area contributed by atoms with E-state index < -0.39 is 0 Å². The Morgan fingerprint density at radius 2 is 0.885 bits per heavy atom. The van der Waals surface area contributed by atoms with E-state index >= 15 is 0 Å². The van der Waals surface area contributed by atoms with Gasteiger partial charge in [-0.3, -0.25) is 0 Å². The molecule has 0 aromatic carbocycles. The summed E-state index contributed by atoms with van der Waals surface area (Å²) in [5.74, 6) is 0. The molecule has 0 spiro atoms. The van der Waals surface area contributed by atoms with E-state index in [9.17, 15) is 0 Å². The van der Waals surface area contributed by atoms with Crippen molar-refractivity contribution in [2.45, 2.75) is 123 Å². The van der Waals surface area contributed by atoms with E-state index in [2.05, 4.69) is 35.0 Å². The molecule has 1 unspecified atom stereocenters. The molecule has 3 heteroatoms. The normalized spacial score (nSPS) is 12.8. The molecule has 160 valence electrons. The molecule has 1 atom stereocenters. The highest BCUT2D eigenvalue weighted by atomic mass is 35.5. The van der Waals surface area contributed by atoms with Crippen LogP contribution >= 0.6 is 0 Å². The minimum absolute atomic E-state index is 0. The van der Waals surface area contributed by atoms with Gasteiger partial charge in [0, 0.05) is 6.92 Å². The topological polar surface area (TPSA) is 9.23 Å². The Bertz CT molecular complexity index is 265. The van der Waals surface area contributed by atoms with Crippen LogP contribution in [0.2, 0.25) is 0 Å². The number of ether oxygens (including phenoxy) is 1. The van der Waals surface area contributed by atoms with Crippen molar-refractivity contribution in [3.63, 3.8) is 0 Å². The van der Waals surface area contributed by atoms with E-state index in [-0.39, 0.29) is 12.4 Å². The Kier molecular flexibility index (Phi) is 21.8. The van der Waals surface area contributed by atoms with Crippen LogP contribution in [0.1, 0.15) is 117 Å². The van der Waals surface area contributed by atoms with Crippen LogP contribution in [0.5, 0.6) is 0 Å². The lowest BCUT2D eigenvalue weighted by molar-refractivity contribution is -0.917. The largest absolute Gasteiger partial charge is 1.00 e. The predicted octanol–water partition coefficient (Wildman–Crippen LogP) is 4.32. The van der Waals surface area contributed by atoms with Crippen LogP contribution in [0, 0.1) is 0 Å². The molecular weight excluding hydrogens is 342 g/mol. The highest BCUT2D eigenvalue weighted by Gasteiger charge is 2.17. The van der Waals surface area contributed by atoms with Crippen molar-refractivity contribution < 1.29 is 21.6 Å². The van der Waals surface area contributed by atoms with Gasteiger partial charge in [-0.1, -0.05) is 103 Å². The number of hydrogen-bond acceptors (Lipinski definition) is 1. The summed E-state index contributed by atoms with van der Waals surface area (Å²) >= 11 is 0. The first-order valence-corrected chi connectivity index (χ1v) is 11.4. The molecule has 0 rings (SSSR count). The first-order chi connectivity index (χ1) is 12.0. The molecule has 0 aromatic rings. The van der Waals surface area contributed by atoms with Gasteiger partial charge in [-0.25, -0.2) is 0 Å². The molecule has 0 aliphatic heterocycles. The van der Waals surface area contributed by atoms with Gasteiger partial charge in [0.25, 0.3) is 0 Å². The standard InChI is InChI=1S/C23H50NO.ClH/c1-6-7-8-9-10-11-12-13-14-15-16-17-18-19-20-21-22-25-23(2)24(3,4)5;/h23H,6-22H2,1-5H3;1H/q+1;/p-1. The highest BCUT2D eigenvalue weighted by Crippen LogP contribution is 2.14. The number of hydrogen-bond donors (Lipinski definition) is 0. The monoisotopic (exact) mass is 391 g/mol. The molecule has 0 fully saturated rings. The van der Waals surface area contributed by atoms with Gasteiger partial charge in [0.15, 0.2) is 6.23 Å². The van der Waals surface area contributed by atoms with Gasteiger partial charge >= 0.3 is 0 Å². The van der Waals surface area contributed by atoms with Crippen LogP contribution in [0.25, 0.3) is 0 Å². The van der Waals surface area contributed by atoms with Crippen molar-refractivity contribution >= 4 is 0 Å². The van der Waals surface area contributed by atoms with Crippen molar-refractivity contribution in [2.75, 3.05) is 27.7 Å². The highest BCUT2D eigenvalue weighted by molar-refractivity contribution is 4.50. The van der Waals surface area contributed by atoms with Crippen LogP contribution in [-0.2, 0) is 4.74 Å². The van der Waals surface area contributed by atoms with Crippen molar-refractivity contribution in [3.05, 3.63) is 0 Å². The van der Waals surface area contributed by atoms with Gasteiger partial charge < -0.3 is 21.6 Å². The average molecular weight is 392 g/mol. The fourth-order valence-electron chi connectivity index (χ4n) is 3.13. The molecule has 0 saturated carbocycles. The Hall–Kier alpha value is 0.210. The van der Waals surface area contributed by atoms with E-state index in [1.54, 1.807) is 0 Å². The van der Waals surface area contributed by atoms with Crippen LogP contribution in [-0.4, -0.2) is 38.5 Å². The molecule has 26 heavy (non-hydrogen) atoms. The van der Waals surface area contributed by atoms with Gasteiger partial charge in [0.2, 0.25) is 0 Å². The molecule has 0 saturated heterocycles. The van der Waals surface area contributed by atoms with Crippen molar-refractivity contribution in [2.24, 2.45) is 0 Å². The molecule has 0 radical (unpaired) electrons. The summed E-state index contributed by atoms with van der Waals surface area (Å²) in [6, 6.07) is 0. The number of rotatable bonds is 19. The molecule has 0 aliphatic carbocycles. The molecule has 2 nitrogen and oxygen atoms in total. The smallest absolute Gasteiger partial charge is 0.189 e. The van der Waals surface area contributed by atoms with Crippen molar-refractivity contribution in [3.8, 4) is 0 Å². The summed E-state index contributed by atoms with van der Waals surface area (Å²) in [7, 11) is 6.58. The molecule has 0 aliphatic rings. The van der Waals surface area contributed by atoms with Gasteiger partial charge in [-0.05, 0) is 6.42 Å². The van der Waals surface area contributed by atoms with Crippen molar-refractivity contribution in [1.82, 2.24) is 0 Å². The van der Waals surface area contributed by atoms with E-state index in [0.29, 0.717) is 6.23 Å². The zero-order valence-electron chi connectivity index (χ0n) is 18.8. The van der Waals surface area contributed by atoms with Crippen molar-refractivity contribution in [1.29, 1.82) is 0 Å². The quantitative estimate of drug-likeness (QED) is 0.181. The Labute approximate surface area is 172 Å². The zero-order chi connectivity index (χ0) is 18.8. The zero-order valence-corrected chi connectivity index (χ0v) is 19.6. The molecule has 0 bridgehead atoms. The predicted molar refractivity (Wildman–Crippen MR) is 113 cm³/mol. The lowest BCUT2D eigenvalue weighted by Crippen LogP contribution is -3.00. The molecular formula is C23H50ClNO. The minimum atomic E-state index is 0. The van der Waals surface area contributed by atoms with Gasteiger partial charge in [-0.15, -0.1) is 0 Å². The molecule has 0 aromatic heterocycles. The van der Waals surface area contributed by atoms with Crippen LogP contribution in [0.15, 0.2) is 0 Å². The van der Waals surface area contributed by atoms with E-state index in [0.717, 1.165) is 11.1 Å². The number of quaternary nitrogens is 1. The van der Waals surface area contributed by atoms with Gasteiger partial charge in [0.05, 0.1) is 27.7 Å². The second-order valence-corrected chi connectivity index (χ2v) is 8.89. The summed E-state index contributed by atoms with van der Waals surface area (Å²) in [6.45, 7) is 5.39. The third-order valence-electron chi connectivity index (χ3n) is 5.45. The molecule has 0 amide bonds. The first kappa shape index (κ1) is 28.4. The lowest BCUT2D eigenvalue weighted by atomic mass is 10.0. The Morgan fingerprint density at radius 1 is 0.577 bits per heavy atom.